The van der Waals surface area contributed by atoms with Gasteiger partial charge >= 0.3 is 5.97 Å². The van der Waals surface area contributed by atoms with Crippen molar-refractivity contribution < 1.29 is 23.5 Å². The minimum absolute atomic E-state index is 0.0398. The summed E-state index contributed by atoms with van der Waals surface area (Å²) in [5.41, 5.74) is 0.750. The van der Waals surface area contributed by atoms with E-state index >= 15 is 0 Å². The van der Waals surface area contributed by atoms with Crippen LogP contribution >= 0.6 is 0 Å². The highest BCUT2D eigenvalue weighted by atomic mass is 19.1. The molecule has 0 bridgehead atoms. The van der Waals surface area contributed by atoms with Gasteiger partial charge in [-0.25, -0.2) is 4.39 Å². The first-order valence-corrected chi connectivity index (χ1v) is 6.09. The molecule has 19 heavy (non-hydrogen) atoms. The third kappa shape index (κ3) is 5.50. The Morgan fingerprint density at radius 3 is 2.68 bits per heavy atom. The third-order valence-corrected chi connectivity index (χ3v) is 2.45. The molecule has 0 aliphatic heterocycles. The quantitative estimate of drug-likeness (QED) is 0.713. The largest absolute Gasteiger partial charge is 0.485 e. The number of carbonyl (C=O) groups excluding carboxylic acids is 2. The van der Waals surface area contributed by atoms with E-state index in [4.69, 9.17) is 9.47 Å². The number of halogens is 1. The molecule has 0 spiro atoms. The van der Waals surface area contributed by atoms with Gasteiger partial charge in [0.2, 0.25) is 0 Å². The van der Waals surface area contributed by atoms with Crippen molar-refractivity contribution in [2.24, 2.45) is 0 Å². The fourth-order valence-corrected chi connectivity index (χ4v) is 1.43. The highest BCUT2D eigenvalue weighted by molar-refractivity contribution is 5.84. The zero-order chi connectivity index (χ0) is 14.3. The van der Waals surface area contributed by atoms with E-state index in [1.807, 2.05) is 0 Å². The molecule has 5 heteroatoms. The molecule has 104 valence electrons. The highest BCUT2D eigenvalue weighted by Gasteiger charge is 2.09. The van der Waals surface area contributed by atoms with Gasteiger partial charge in [0.1, 0.15) is 18.2 Å². The van der Waals surface area contributed by atoms with Gasteiger partial charge in [0.25, 0.3) is 0 Å². The summed E-state index contributed by atoms with van der Waals surface area (Å²) in [6.07, 6.45) is 0.103. The zero-order valence-corrected chi connectivity index (χ0v) is 11.1. The van der Waals surface area contributed by atoms with Crippen LogP contribution in [-0.2, 0) is 14.3 Å². The Morgan fingerprint density at radius 2 is 2.00 bits per heavy atom. The molecular formula is C14H17FO4. The molecule has 0 amide bonds. The fraction of sp³-hybridized carbons (Fsp3) is 0.429. The summed E-state index contributed by atoms with van der Waals surface area (Å²) in [5, 5.41) is 0. The van der Waals surface area contributed by atoms with Crippen LogP contribution in [0.4, 0.5) is 4.39 Å². The average molecular weight is 268 g/mol. The molecule has 0 N–H and O–H groups in total. The van der Waals surface area contributed by atoms with E-state index in [1.165, 1.54) is 12.1 Å². The van der Waals surface area contributed by atoms with Gasteiger partial charge in [0.15, 0.2) is 5.78 Å². The third-order valence-electron chi connectivity index (χ3n) is 2.45. The van der Waals surface area contributed by atoms with E-state index in [2.05, 4.69) is 0 Å². The lowest BCUT2D eigenvalue weighted by Crippen LogP contribution is -2.14. The van der Waals surface area contributed by atoms with Crippen LogP contribution in [0, 0.1) is 12.7 Å². The molecule has 0 aliphatic rings. The predicted octanol–water partition coefficient (Wildman–Crippen LogP) is 2.43. The number of aryl methyl sites for hydroxylation is 1. The van der Waals surface area contributed by atoms with Crippen LogP contribution in [0.1, 0.15) is 25.3 Å². The van der Waals surface area contributed by atoms with Gasteiger partial charge in [-0.05, 0) is 25.5 Å². The minimum atomic E-state index is -0.417. The summed E-state index contributed by atoms with van der Waals surface area (Å²) in [6, 6.07) is 4.13. The number of benzene rings is 1. The second kappa shape index (κ2) is 7.51. The van der Waals surface area contributed by atoms with Crippen LogP contribution in [0.3, 0.4) is 0 Å². The summed E-state index contributed by atoms with van der Waals surface area (Å²) in [6.45, 7) is 3.59. The van der Waals surface area contributed by atoms with Crippen molar-refractivity contribution in [1.82, 2.24) is 0 Å². The molecule has 0 unspecified atom stereocenters. The van der Waals surface area contributed by atoms with Crippen LogP contribution in [0.5, 0.6) is 5.75 Å². The smallest absolute Gasteiger partial charge is 0.306 e. The Kier molecular flexibility index (Phi) is 5.99. The second-order valence-electron chi connectivity index (χ2n) is 4.04. The van der Waals surface area contributed by atoms with E-state index in [9.17, 15) is 14.0 Å². The van der Waals surface area contributed by atoms with Crippen LogP contribution in [0.15, 0.2) is 18.2 Å². The number of hydrogen-bond donors (Lipinski definition) is 0. The number of ether oxygens (including phenoxy) is 2. The first-order valence-electron chi connectivity index (χ1n) is 6.09. The summed E-state index contributed by atoms with van der Waals surface area (Å²) in [7, 11) is 0. The lowest BCUT2D eigenvalue weighted by Gasteiger charge is -2.08. The molecule has 1 aromatic carbocycles. The van der Waals surface area contributed by atoms with Crippen LogP contribution in [-0.4, -0.2) is 25.0 Å². The number of Topliss-reactive ketones (excluding diaryl/α,β-unsaturated/α-hetero) is 1. The molecule has 0 fully saturated rings. The van der Waals surface area contributed by atoms with Crippen molar-refractivity contribution >= 4 is 11.8 Å². The lowest BCUT2D eigenvalue weighted by atomic mass is 10.2. The van der Waals surface area contributed by atoms with Crippen molar-refractivity contribution in [2.45, 2.75) is 26.7 Å². The predicted molar refractivity (Wildman–Crippen MR) is 67.5 cm³/mol. The lowest BCUT2D eigenvalue weighted by molar-refractivity contribution is -0.144. The molecule has 0 aromatic heterocycles. The van der Waals surface area contributed by atoms with E-state index in [1.54, 1.807) is 19.9 Å². The standard InChI is InChI=1S/C14H17FO4/c1-3-18-14(17)7-6-12(16)9-19-13-8-11(15)5-4-10(13)2/h4-5,8H,3,6-7,9H2,1-2H3. The average Bonchev–Trinajstić information content (AvgIpc) is 2.38. The molecule has 4 nitrogen and oxygen atoms in total. The maximum absolute atomic E-state index is 13.0. The minimum Gasteiger partial charge on any atom is -0.485 e. The summed E-state index contributed by atoms with van der Waals surface area (Å²) in [4.78, 5) is 22.6. The number of ketones is 1. The number of hydrogen-bond acceptors (Lipinski definition) is 4. The Balaban J connectivity index is 2.38. The zero-order valence-electron chi connectivity index (χ0n) is 11.1. The fourth-order valence-electron chi connectivity index (χ4n) is 1.43. The maximum Gasteiger partial charge on any atom is 0.306 e. The summed E-state index contributed by atoms with van der Waals surface area (Å²) < 4.78 is 22.9. The Bertz CT molecular complexity index is 457. The van der Waals surface area contributed by atoms with Gasteiger partial charge in [-0.2, -0.15) is 0 Å². The summed E-state index contributed by atoms with van der Waals surface area (Å²) >= 11 is 0. The van der Waals surface area contributed by atoms with Crippen LogP contribution in [0.25, 0.3) is 0 Å². The number of carbonyl (C=O) groups is 2. The monoisotopic (exact) mass is 268 g/mol. The van der Waals surface area contributed by atoms with Gasteiger partial charge in [-0.3, -0.25) is 9.59 Å². The van der Waals surface area contributed by atoms with Gasteiger partial charge in [0.05, 0.1) is 13.0 Å². The molecule has 0 saturated carbocycles. The van der Waals surface area contributed by atoms with Crippen LogP contribution in [0.2, 0.25) is 0 Å². The maximum atomic E-state index is 13.0. The molecular weight excluding hydrogens is 251 g/mol. The molecule has 0 heterocycles. The SMILES string of the molecule is CCOC(=O)CCC(=O)COc1cc(F)ccc1C. The van der Waals surface area contributed by atoms with E-state index in [0.717, 1.165) is 5.56 Å². The van der Waals surface area contributed by atoms with E-state index < -0.39 is 11.8 Å². The Morgan fingerprint density at radius 1 is 1.26 bits per heavy atom. The topological polar surface area (TPSA) is 52.6 Å². The molecule has 0 saturated heterocycles. The van der Waals surface area contributed by atoms with Gasteiger partial charge in [0, 0.05) is 12.5 Å². The second-order valence-corrected chi connectivity index (χ2v) is 4.04. The van der Waals surface area contributed by atoms with Crippen molar-refractivity contribution in [1.29, 1.82) is 0 Å². The Hall–Kier alpha value is -1.91. The molecule has 1 rings (SSSR count). The van der Waals surface area contributed by atoms with E-state index in [-0.39, 0.29) is 25.2 Å². The first-order chi connectivity index (χ1) is 9.02. The van der Waals surface area contributed by atoms with Crippen molar-refractivity contribution in [3.05, 3.63) is 29.6 Å². The van der Waals surface area contributed by atoms with Crippen molar-refractivity contribution in [3.8, 4) is 5.75 Å². The number of rotatable bonds is 7. The summed E-state index contributed by atoms with van der Waals surface area (Å²) in [5.74, 6) is -0.710. The van der Waals surface area contributed by atoms with Crippen molar-refractivity contribution in [2.75, 3.05) is 13.2 Å². The highest BCUT2D eigenvalue weighted by Crippen LogP contribution is 2.18. The molecule has 0 aliphatic carbocycles. The van der Waals surface area contributed by atoms with Gasteiger partial charge in [-0.1, -0.05) is 6.07 Å². The number of esters is 1. The van der Waals surface area contributed by atoms with Gasteiger partial charge < -0.3 is 9.47 Å². The normalized spacial score (nSPS) is 10.1. The van der Waals surface area contributed by atoms with Crippen LogP contribution < -0.4 is 4.74 Å². The first kappa shape index (κ1) is 15.1. The molecule has 0 atom stereocenters. The molecule has 0 radical (unpaired) electrons. The van der Waals surface area contributed by atoms with Crippen molar-refractivity contribution in [3.63, 3.8) is 0 Å². The molecule has 1 aromatic rings. The van der Waals surface area contributed by atoms with Gasteiger partial charge in [-0.15, -0.1) is 0 Å². The Labute approximate surface area is 111 Å². The van der Waals surface area contributed by atoms with E-state index in [0.29, 0.717) is 12.4 Å².